The highest BCUT2D eigenvalue weighted by molar-refractivity contribution is 7.99. The van der Waals surface area contributed by atoms with Crippen LogP contribution >= 0.6 is 11.8 Å². The molecular weight excluding hydrogens is 469 g/mol. The van der Waals surface area contributed by atoms with E-state index in [9.17, 15) is 22.4 Å². The minimum atomic E-state index is -3.67. The van der Waals surface area contributed by atoms with Crippen LogP contribution in [0.3, 0.4) is 0 Å². The summed E-state index contributed by atoms with van der Waals surface area (Å²) >= 11 is 1.13. The molecule has 33 heavy (non-hydrogen) atoms. The molecular formula is C21H22FN5O4S2. The molecule has 3 rings (SSSR count). The molecule has 174 valence electrons. The first-order valence-corrected chi connectivity index (χ1v) is 12.5. The maximum absolute atomic E-state index is 13.2. The molecule has 9 nitrogen and oxygen atoms in total. The Kier molecular flexibility index (Phi) is 7.49. The predicted molar refractivity (Wildman–Crippen MR) is 124 cm³/mol. The Hall–Kier alpha value is -3.25. The van der Waals surface area contributed by atoms with Gasteiger partial charge in [-0.2, -0.15) is 0 Å². The molecule has 0 unspecified atom stereocenters. The number of Topliss-reactive ketones (excluding diaryl/α,β-unsaturated/α-hetero) is 1. The van der Waals surface area contributed by atoms with Crippen molar-refractivity contribution in [1.29, 1.82) is 0 Å². The van der Waals surface area contributed by atoms with E-state index < -0.39 is 15.8 Å². The Balaban J connectivity index is 1.67. The Morgan fingerprint density at radius 1 is 1.15 bits per heavy atom. The van der Waals surface area contributed by atoms with Gasteiger partial charge in [0.05, 0.1) is 24.2 Å². The number of anilines is 2. The largest absolute Gasteiger partial charge is 0.325 e. The van der Waals surface area contributed by atoms with Crippen molar-refractivity contribution in [3.05, 3.63) is 65.7 Å². The molecule has 0 aliphatic rings. The van der Waals surface area contributed by atoms with E-state index in [1.807, 2.05) is 0 Å². The zero-order valence-corrected chi connectivity index (χ0v) is 19.8. The van der Waals surface area contributed by atoms with Crippen LogP contribution in [0.4, 0.5) is 15.8 Å². The first-order valence-electron chi connectivity index (χ1n) is 9.70. The third kappa shape index (κ3) is 6.39. The lowest BCUT2D eigenvalue weighted by Crippen LogP contribution is -2.30. The van der Waals surface area contributed by atoms with Gasteiger partial charge in [0.1, 0.15) is 5.82 Å². The summed E-state index contributed by atoms with van der Waals surface area (Å²) in [5.74, 6) is -0.493. The first-order chi connectivity index (χ1) is 15.5. The summed E-state index contributed by atoms with van der Waals surface area (Å²) in [7, 11) is -2.01. The van der Waals surface area contributed by atoms with Crippen molar-refractivity contribution in [1.82, 2.24) is 14.8 Å². The van der Waals surface area contributed by atoms with Crippen LogP contribution in [0.25, 0.3) is 0 Å². The van der Waals surface area contributed by atoms with Crippen LogP contribution in [-0.2, 0) is 28.4 Å². The zero-order chi connectivity index (χ0) is 24.2. The lowest BCUT2D eigenvalue weighted by Gasteiger charge is -2.21. The topological polar surface area (TPSA) is 114 Å². The van der Waals surface area contributed by atoms with Gasteiger partial charge in [-0.25, -0.2) is 12.8 Å². The Morgan fingerprint density at radius 3 is 2.48 bits per heavy atom. The van der Waals surface area contributed by atoms with E-state index in [0.29, 0.717) is 27.9 Å². The molecule has 1 heterocycles. The lowest BCUT2D eigenvalue weighted by molar-refractivity contribution is -0.113. The van der Waals surface area contributed by atoms with Crippen molar-refractivity contribution < 1.29 is 22.4 Å². The average Bonchev–Trinajstić information content (AvgIpc) is 3.10. The second-order valence-corrected chi connectivity index (χ2v) is 10.0. The van der Waals surface area contributed by atoms with Crippen LogP contribution in [0.1, 0.15) is 23.1 Å². The SMILES string of the molecule is CC(=O)c1cccc(NC(=O)CSc2nnc(CN(c3ccc(F)cc3)S(C)(=O)=O)n2C)c1. The van der Waals surface area contributed by atoms with Gasteiger partial charge >= 0.3 is 0 Å². The minimum absolute atomic E-state index is 0.0318. The number of aromatic nitrogens is 3. The van der Waals surface area contributed by atoms with Gasteiger partial charge in [0.15, 0.2) is 16.8 Å². The van der Waals surface area contributed by atoms with E-state index in [1.54, 1.807) is 35.9 Å². The molecule has 3 aromatic rings. The molecule has 0 aliphatic carbocycles. The van der Waals surface area contributed by atoms with E-state index in [0.717, 1.165) is 22.3 Å². The fraction of sp³-hybridized carbons (Fsp3) is 0.238. The van der Waals surface area contributed by atoms with Crippen molar-refractivity contribution in [2.75, 3.05) is 21.6 Å². The molecule has 12 heteroatoms. The van der Waals surface area contributed by atoms with Crippen molar-refractivity contribution in [2.24, 2.45) is 7.05 Å². The van der Waals surface area contributed by atoms with Crippen molar-refractivity contribution in [2.45, 2.75) is 18.6 Å². The summed E-state index contributed by atoms with van der Waals surface area (Å²) in [6, 6.07) is 11.7. The summed E-state index contributed by atoms with van der Waals surface area (Å²) in [5, 5.41) is 11.2. The molecule has 0 aliphatic heterocycles. The van der Waals surface area contributed by atoms with E-state index in [4.69, 9.17) is 0 Å². The van der Waals surface area contributed by atoms with Crippen LogP contribution < -0.4 is 9.62 Å². The number of rotatable bonds is 9. The van der Waals surface area contributed by atoms with E-state index in [2.05, 4.69) is 15.5 Å². The summed E-state index contributed by atoms with van der Waals surface area (Å²) in [4.78, 5) is 23.8. The summed E-state index contributed by atoms with van der Waals surface area (Å²) < 4.78 is 40.5. The van der Waals surface area contributed by atoms with Crippen LogP contribution in [0.15, 0.2) is 53.7 Å². The molecule has 0 atom stereocenters. The number of hydrogen-bond donors (Lipinski definition) is 1. The summed E-state index contributed by atoms with van der Waals surface area (Å²) in [6.07, 6.45) is 1.05. The van der Waals surface area contributed by atoms with Gasteiger partial charge in [0.25, 0.3) is 0 Å². The van der Waals surface area contributed by atoms with Gasteiger partial charge in [-0.15, -0.1) is 10.2 Å². The third-order valence-corrected chi connectivity index (χ3v) is 6.77. The molecule has 0 saturated heterocycles. The maximum atomic E-state index is 13.2. The number of halogens is 1. The van der Waals surface area contributed by atoms with E-state index in [-0.39, 0.29) is 24.0 Å². The number of benzene rings is 2. The summed E-state index contributed by atoms with van der Waals surface area (Å²) in [6.45, 7) is 1.34. The third-order valence-electron chi connectivity index (χ3n) is 4.61. The Morgan fingerprint density at radius 2 is 1.85 bits per heavy atom. The predicted octanol–water partition coefficient (Wildman–Crippen LogP) is 2.85. The van der Waals surface area contributed by atoms with Gasteiger partial charge in [0.2, 0.25) is 15.9 Å². The monoisotopic (exact) mass is 491 g/mol. The van der Waals surface area contributed by atoms with Crippen LogP contribution in [0.2, 0.25) is 0 Å². The summed E-state index contributed by atoms with van der Waals surface area (Å²) in [5.41, 5.74) is 1.30. The van der Waals surface area contributed by atoms with Gasteiger partial charge in [-0.1, -0.05) is 23.9 Å². The number of thioether (sulfide) groups is 1. The number of sulfonamides is 1. The Bertz CT molecular complexity index is 1280. The van der Waals surface area contributed by atoms with Crippen molar-refractivity contribution >= 4 is 44.9 Å². The van der Waals surface area contributed by atoms with Crippen molar-refractivity contribution in [3.63, 3.8) is 0 Å². The zero-order valence-electron chi connectivity index (χ0n) is 18.1. The van der Waals surface area contributed by atoms with E-state index in [1.165, 1.54) is 31.2 Å². The van der Waals surface area contributed by atoms with E-state index >= 15 is 0 Å². The number of amides is 1. The van der Waals surface area contributed by atoms with Gasteiger partial charge in [-0.3, -0.25) is 13.9 Å². The molecule has 1 aromatic heterocycles. The van der Waals surface area contributed by atoms with Crippen LogP contribution in [0.5, 0.6) is 0 Å². The quantitative estimate of drug-likeness (QED) is 0.362. The molecule has 0 fully saturated rings. The highest BCUT2D eigenvalue weighted by Gasteiger charge is 2.22. The van der Waals surface area contributed by atoms with Crippen LogP contribution in [-0.4, -0.2) is 46.9 Å². The highest BCUT2D eigenvalue weighted by atomic mass is 32.2. The average molecular weight is 492 g/mol. The molecule has 0 radical (unpaired) electrons. The van der Waals surface area contributed by atoms with Gasteiger partial charge in [0, 0.05) is 18.3 Å². The number of nitrogens with one attached hydrogen (secondary N) is 1. The van der Waals surface area contributed by atoms with Crippen molar-refractivity contribution in [3.8, 4) is 0 Å². The number of ketones is 1. The first kappa shape index (κ1) is 24.4. The fourth-order valence-corrected chi connectivity index (χ4v) is 4.47. The lowest BCUT2D eigenvalue weighted by atomic mass is 10.1. The normalized spacial score (nSPS) is 11.3. The standard InChI is InChI=1S/C21H22FN5O4S2/c1-14(28)15-5-4-6-17(11-15)23-20(29)13-32-21-25-24-19(26(21)2)12-27(33(3,30)31)18-9-7-16(22)8-10-18/h4-11H,12-13H2,1-3H3,(H,23,29). The number of nitrogens with zero attached hydrogens (tertiary/aromatic N) is 4. The Labute approximate surface area is 195 Å². The maximum Gasteiger partial charge on any atom is 0.234 e. The van der Waals surface area contributed by atoms with Gasteiger partial charge < -0.3 is 9.88 Å². The number of hydrogen-bond acceptors (Lipinski definition) is 7. The van der Waals surface area contributed by atoms with Crippen LogP contribution in [0, 0.1) is 5.82 Å². The molecule has 2 aromatic carbocycles. The molecule has 1 amide bonds. The number of carbonyl (C=O) groups is 2. The molecule has 1 N–H and O–H groups in total. The molecule has 0 saturated carbocycles. The smallest absolute Gasteiger partial charge is 0.234 e. The molecule has 0 bridgehead atoms. The van der Waals surface area contributed by atoms with Gasteiger partial charge in [-0.05, 0) is 43.3 Å². The molecule has 0 spiro atoms. The second kappa shape index (κ2) is 10.1. The number of carbonyl (C=O) groups excluding carboxylic acids is 2. The fourth-order valence-electron chi connectivity index (χ4n) is 2.89. The second-order valence-electron chi connectivity index (χ2n) is 7.18. The highest BCUT2D eigenvalue weighted by Crippen LogP contribution is 2.22. The minimum Gasteiger partial charge on any atom is -0.325 e.